The minimum atomic E-state index is -0.847. The van der Waals surface area contributed by atoms with Gasteiger partial charge in [-0.15, -0.1) is 10.2 Å². The van der Waals surface area contributed by atoms with E-state index in [0.717, 1.165) is 30.8 Å². The second-order valence-electron chi connectivity index (χ2n) is 4.67. The molecule has 0 amide bonds. The molecule has 3 rings (SSSR count). The Bertz CT molecular complexity index is 632. The number of aliphatic carboxylic acids is 1. The van der Waals surface area contributed by atoms with Gasteiger partial charge in [0.2, 0.25) is 0 Å². The smallest absolute Gasteiger partial charge is 0.313 e. The fraction of sp³-hybridized carbons (Fsp3) is 0.500. The number of aryl methyl sites for hydroxylation is 1. The maximum Gasteiger partial charge on any atom is 0.313 e. The average Bonchev–Trinajstić information content (AvgIpc) is 3.01. The molecule has 7 nitrogen and oxygen atoms in total. The van der Waals surface area contributed by atoms with Gasteiger partial charge in [0.15, 0.2) is 11.0 Å². The largest absolute Gasteiger partial charge is 0.481 e. The van der Waals surface area contributed by atoms with Crippen LogP contribution in [-0.4, -0.2) is 41.4 Å². The molecule has 20 heavy (non-hydrogen) atoms. The highest BCUT2D eigenvalue weighted by atomic mass is 32.2. The summed E-state index contributed by atoms with van der Waals surface area (Å²) in [5.74, 6) is -0.0696. The van der Waals surface area contributed by atoms with E-state index in [1.54, 1.807) is 6.20 Å². The van der Waals surface area contributed by atoms with Gasteiger partial charge in [-0.05, 0) is 19.8 Å². The fourth-order valence-corrected chi connectivity index (χ4v) is 2.74. The van der Waals surface area contributed by atoms with Gasteiger partial charge < -0.3 is 5.11 Å². The number of hydrogen-bond acceptors (Lipinski definition) is 5. The number of thioether (sulfide) groups is 1. The van der Waals surface area contributed by atoms with Crippen LogP contribution >= 0.6 is 11.8 Å². The first-order chi connectivity index (χ1) is 9.69. The van der Waals surface area contributed by atoms with E-state index >= 15 is 0 Å². The van der Waals surface area contributed by atoms with Crippen molar-refractivity contribution in [1.29, 1.82) is 0 Å². The first kappa shape index (κ1) is 13.2. The molecular weight excluding hydrogens is 278 g/mol. The van der Waals surface area contributed by atoms with E-state index in [1.807, 2.05) is 22.4 Å². The Morgan fingerprint density at radius 1 is 1.50 bits per heavy atom. The Hall–Kier alpha value is -1.83. The van der Waals surface area contributed by atoms with E-state index < -0.39 is 5.97 Å². The van der Waals surface area contributed by atoms with Gasteiger partial charge in [-0.25, -0.2) is 0 Å². The summed E-state index contributed by atoms with van der Waals surface area (Å²) in [7, 11) is 0. The quantitative estimate of drug-likeness (QED) is 0.815. The normalized spacial score (nSPS) is 14.7. The SMILES string of the molecule is CCn1cc(-c2nnc(SCC(=O)O)n2C2CC2)cn1. The van der Waals surface area contributed by atoms with Crippen LogP contribution in [0, 0.1) is 0 Å². The molecule has 0 bridgehead atoms. The molecule has 2 aromatic rings. The topological polar surface area (TPSA) is 85.8 Å². The predicted octanol–water partition coefficient (Wildman–Crippen LogP) is 1.67. The minimum absolute atomic E-state index is 0.000917. The Morgan fingerprint density at radius 2 is 2.30 bits per heavy atom. The van der Waals surface area contributed by atoms with Gasteiger partial charge >= 0.3 is 5.97 Å². The van der Waals surface area contributed by atoms with Crippen LogP contribution in [0.4, 0.5) is 0 Å². The van der Waals surface area contributed by atoms with E-state index in [0.29, 0.717) is 11.2 Å². The Morgan fingerprint density at radius 3 is 2.90 bits per heavy atom. The van der Waals surface area contributed by atoms with Crippen LogP contribution in [0.5, 0.6) is 0 Å². The van der Waals surface area contributed by atoms with Crippen LogP contribution in [0.1, 0.15) is 25.8 Å². The molecule has 0 spiro atoms. The van der Waals surface area contributed by atoms with Crippen LogP contribution in [0.25, 0.3) is 11.4 Å². The number of nitrogens with zero attached hydrogens (tertiary/aromatic N) is 5. The third kappa shape index (κ3) is 2.55. The first-order valence-electron chi connectivity index (χ1n) is 6.51. The lowest BCUT2D eigenvalue weighted by molar-refractivity contribution is -0.133. The Balaban J connectivity index is 1.92. The summed E-state index contributed by atoms with van der Waals surface area (Å²) in [5, 5.41) is 22.1. The highest BCUT2D eigenvalue weighted by molar-refractivity contribution is 7.99. The van der Waals surface area contributed by atoms with Crippen molar-refractivity contribution in [2.45, 2.75) is 37.5 Å². The Labute approximate surface area is 120 Å². The summed E-state index contributed by atoms with van der Waals surface area (Å²) in [6.07, 6.45) is 5.90. The Kier molecular flexibility index (Phi) is 3.47. The number of hydrogen-bond donors (Lipinski definition) is 1. The lowest BCUT2D eigenvalue weighted by atomic mass is 10.3. The van der Waals surface area contributed by atoms with Crippen LogP contribution in [0.2, 0.25) is 0 Å². The molecule has 2 heterocycles. The van der Waals surface area contributed by atoms with Gasteiger partial charge in [0.1, 0.15) is 0 Å². The molecule has 0 radical (unpaired) electrons. The van der Waals surface area contributed by atoms with Crippen molar-refractivity contribution < 1.29 is 9.90 Å². The zero-order chi connectivity index (χ0) is 14.1. The molecule has 1 aliphatic carbocycles. The summed E-state index contributed by atoms with van der Waals surface area (Å²) in [5.41, 5.74) is 0.924. The van der Waals surface area contributed by atoms with Crippen molar-refractivity contribution in [1.82, 2.24) is 24.5 Å². The number of aromatic nitrogens is 5. The van der Waals surface area contributed by atoms with Gasteiger partial charge in [0, 0.05) is 18.8 Å². The highest BCUT2D eigenvalue weighted by Gasteiger charge is 2.30. The molecule has 8 heteroatoms. The highest BCUT2D eigenvalue weighted by Crippen LogP contribution is 2.40. The van der Waals surface area contributed by atoms with E-state index in [1.165, 1.54) is 11.8 Å². The number of carboxylic acids is 1. The molecule has 2 aromatic heterocycles. The number of carboxylic acid groups (broad SMARTS) is 1. The molecule has 0 aromatic carbocycles. The van der Waals surface area contributed by atoms with Gasteiger partial charge in [-0.3, -0.25) is 14.0 Å². The van der Waals surface area contributed by atoms with Crippen molar-refractivity contribution in [2.24, 2.45) is 0 Å². The molecule has 0 aliphatic heterocycles. The maximum absolute atomic E-state index is 10.7. The molecule has 0 unspecified atom stereocenters. The predicted molar refractivity (Wildman–Crippen MR) is 73.5 cm³/mol. The van der Waals surface area contributed by atoms with E-state index in [-0.39, 0.29) is 5.75 Å². The third-order valence-electron chi connectivity index (χ3n) is 3.12. The molecule has 1 fully saturated rings. The molecule has 0 saturated heterocycles. The average molecular weight is 293 g/mol. The lowest BCUT2D eigenvalue weighted by Crippen LogP contribution is -2.03. The molecular formula is C12H15N5O2S. The molecule has 106 valence electrons. The van der Waals surface area contributed by atoms with Gasteiger partial charge in [-0.2, -0.15) is 5.10 Å². The van der Waals surface area contributed by atoms with Gasteiger partial charge in [0.25, 0.3) is 0 Å². The standard InChI is InChI=1S/C12H15N5O2S/c1-2-16-6-8(5-13-16)11-14-15-12(20-7-10(18)19)17(11)9-3-4-9/h5-6,9H,2-4,7H2,1H3,(H,18,19). The zero-order valence-corrected chi connectivity index (χ0v) is 11.9. The van der Waals surface area contributed by atoms with E-state index in [4.69, 9.17) is 5.11 Å². The summed E-state index contributed by atoms with van der Waals surface area (Å²) in [6.45, 7) is 2.83. The van der Waals surface area contributed by atoms with Gasteiger partial charge in [0.05, 0.1) is 17.5 Å². The monoisotopic (exact) mass is 293 g/mol. The van der Waals surface area contributed by atoms with Crippen molar-refractivity contribution in [3.05, 3.63) is 12.4 Å². The van der Waals surface area contributed by atoms with Gasteiger partial charge in [-0.1, -0.05) is 11.8 Å². The molecule has 1 N–H and O–H groups in total. The number of carbonyl (C=O) groups is 1. The zero-order valence-electron chi connectivity index (χ0n) is 11.1. The maximum atomic E-state index is 10.7. The van der Waals surface area contributed by atoms with Crippen LogP contribution < -0.4 is 0 Å². The van der Waals surface area contributed by atoms with Crippen molar-refractivity contribution >= 4 is 17.7 Å². The summed E-state index contributed by atoms with van der Waals surface area (Å²) < 4.78 is 3.88. The molecule has 0 atom stereocenters. The second kappa shape index (κ2) is 5.28. The number of rotatable bonds is 6. The van der Waals surface area contributed by atoms with Crippen molar-refractivity contribution in [3.63, 3.8) is 0 Å². The third-order valence-corrected chi connectivity index (χ3v) is 4.04. The van der Waals surface area contributed by atoms with Crippen molar-refractivity contribution in [3.8, 4) is 11.4 Å². The van der Waals surface area contributed by atoms with Crippen LogP contribution in [-0.2, 0) is 11.3 Å². The minimum Gasteiger partial charge on any atom is -0.481 e. The fourth-order valence-electron chi connectivity index (χ4n) is 2.01. The van der Waals surface area contributed by atoms with Crippen molar-refractivity contribution in [2.75, 3.05) is 5.75 Å². The van der Waals surface area contributed by atoms with Crippen LogP contribution in [0.15, 0.2) is 17.6 Å². The summed E-state index contributed by atoms with van der Waals surface area (Å²) >= 11 is 1.21. The second-order valence-corrected chi connectivity index (χ2v) is 5.62. The molecule has 1 aliphatic rings. The first-order valence-corrected chi connectivity index (χ1v) is 7.50. The summed E-state index contributed by atoms with van der Waals surface area (Å²) in [4.78, 5) is 10.7. The van der Waals surface area contributed by atoms with Crippen LogP contribution in [0.3, 0.4) is 0 Å². The summed E-state index contributed by atoms with van der Waals surface area (Å²) in [6, 6.07) is 0.390. The molecule has 1 saturated carbocycles. The van der Waals surface area contributed by atoms with E-state index in [9.17, 15) is 4.79 Å². The van der Waals surface area contributed by atoms with E-state index in [2.05, 4.69) is 15.3 Å². The lowest BCUT2D eigenvalue weighted by Gasteiger charge is -2.06.